The molecule has 0 bridgehead atoms. The Bertz CT molecular complexity index is 843. The standard InChI is InChI=1S/C21H22N4S/c1-17-6-5-7-18(16-17)24-12-14-25(15-13-24)20-10-11-21(23-22-20)26-19-8-3-2-4-9-19/h2-11,16H,12-15H2,1H3. The maximum atomic E-state index is 4.45. The molecule has 0 spiro atoms. The first-order valence-corrected chi connectivity index (χ1v) is 9.73. The topological polar surface area (TPSA) is 32.3 Å². The average molecular weight is 363 g/mol. The molecule has 0 atom stereocenters. The van der Waals surface area contributed by atoms with E-state index >= 15 is 0 Å². The Morgan fingerprint density at radius 1 is 0.769 bits per heavy atom. The maximum absolute atomic E-state index is 4.45. The van der Waals surface area contributed by atoms with Gasteiger partial charge in [-0.25, -0.2) is 0 Å². The van der Waals surface area contributed by atoms with Gasteiger partial charge in [0.15, 0.2) is 5.82 Å². The van der Waals surface area contributed by atoms with Gasteiger partial charge < -0.3 is 9.80 Å². The molecule has 4 nitrogen and oxygen atoms in total. The summed E-state index contributed by atoms with van der Waals surface area (Å²) in [4.78, 5) is 5.94. The molecule has 0 aliphatic carbocycles. The summed E-state index contributed by atoms with van der Waals surface area (Å²) in [5, 5.41) is 9.77. The zero-order chi connectivity index (χ0) is 17.8. The van der Waals surface area contributed by atoms with Crippen LogP contribution in [0.25, 0.3) is 0 Å². The second kappa shape index (κ2) is 7.79. The van der Waals surface area contributed by atoms with Crippen LogP contribution in [0.2, 0.25) is 0 Å². The Labute approximate surface area is 158 Å². The third-order valence-corrected chi connectivity index (χ3v) is 5.50. The summed E-state index contributed by atoms with van der Waals surface area (Å²) in [7, 11) is 0. The van der Waals surface area contributed by atoms with E-state index in [0.717, 1.165) is 37.0 Å². The fraction of sp³-hybridized carbons (Fsp3) is 0.238. The number of aryl methyl sites for hydroxylation is 1. The van der Waals surface area contributed by atoms with E-state index in [9.17, 15) is 0 Å². The molecule has 0 radical (unpaired) electrons. The van der Waals surface area contributed by atoms with Crippen molar-refractivity contribution in [1.29, 1.82) is 0 Å². The molecule has 1 aliphatic heterocycles. The molecule has 26 heavy (non-hydrogen) atoms. The molecule has 1 aliphatic rings. The third-order valence-electron chi connectivity index (χ3n) is 4.56. The number of benzene rings is 2. The van der Waals surface area contributed by atoms with E-state index in [2.05, 4.69) is 75.5 Å². The molecule has 132 valence electrons. The molecule has 2 aromatic carbocycles. The minimum Gasteiger partial charge on any atom is -0.368 e. The Balaban J connectivity index is 1.37. The van der Waals surface area contributed by atoms with Gasteiger partial charge >= 0.3 is 0 Å². The number of anilines is 2. The molecule has 0 saturated carbocycles. The van der Waals surface area contributed by atoms with Gasteiger partial charge in [-0.1, -0.05) is 42.1 Å². The highest BCUT2D eigenvalue weighted by molar-refractivity contribution is 7.99. The van der Waals surface area contributed by atoms with Gasteiger partial charge in [-0.05, 0) is 48.9 Å². The van der Waals surface area contributed by atoms with Gasteiger partial charge in [-0.3, -0.25) is 0 Å². The number of nitrogens with zero attached hydrogens (tertiary/aromatic N) is 4. The molecular formula is C21H22N4S. The molecular weight excluding hydrogens is 340 g/mol. The summed E-state index contributed by atoms with van der Waals surface area (Å²) in [6.07, 6.45) is 0. The van der Waals surface area contributed by atoms with Crippen molar-refractivity contribution in [3.8, 4) is 0 Å². The molecule has 4 rings (SSSR count). The van der Waals surface area contributed by atoms with Crippen LogP contribution in [-0.4, -0.2) is 36.4 Å². The summed E-state index contributed by atoms with van der Waals surface area (Å²) in [5.41, 5.74) is 2.62. The van der Waals surface area contributed by atoms with E-state index in [0.29, 0.717) is 0 Å². The van der Waals surface area contributed by atoms with Crippen LogP contribution in [0.15, 0.2) is 76.7 Å². The normalized spacial score (nSPS) is 14.5. The summed E-state index contributed by atoms with van der Waals surface area (Å²) in [6, 6.07) is 23.1. The number of piperazine rings is 1. The summed E-state index contributed by atoms with van der Waals surface area (Å²) < 4.78 is 0. The van der Waals surface area contributed by atoms with Gasteiger partial charge in [0.05, 0.1) is 0 Å². The largest absolute Gasteiger partial charge is 0.368 e. The lowest BCUT2D eigenvalue weighted by Crippen LogP contribution is -2.46. The van der Waals surface area contributed by atoms with Crippen LogP contribution in [-0.2, 0) is 0 Å². The summed E-state index contributed by atoms with van der Waals surface area (Å²) >= 11 is 1.64. The maximum Gasteiger partial charge on any atom is 0.151 e. The van der Waals surface area contributed by atoms with Crippen LogP contribution in [0.1, 0.15) is 5.56 Å². The molecule has 1 saturated heterocycles. The van der Waals surface area contributed by atoms with E-state index in [4.69, 9.17) is 0 Å². The van der Waals surface area contributed by atoms with Crippen LogP contribution in [0.4, 0.5) is 11.5 Å². The van der Waals surface area contributed by atoms with Gasteiger partial charge in [-0.2, -0.15) is 0 Å². The van der Waals surface area contributed by atoms with Crippen LogP contribution in [0.5, 0.6) is 0 Å². The van der Waals surface area contributed by atoms with Crippen molar-refractivity contribution in [3.05, 3.63) is 72.3 Å². The molecule has 0 N–H and O–H groups in total. The molecule has 0 amide bonds. The van der Waals surface area contributed by atoms with Gasteiger partial charge in [0.2, 0.25) is 0 Å². The molecule has 2 heterocycles. The van der Waals surface area contributed by atoms with Gasteiger partial charge in [-0.15, -0.1) is 10.2 Å². The quantitative estimate of drug-likeness (QED) is 0.692. The van der Waals surface area contributed by atoms with E-state index in [1.807, 2.05) is 18.2 Å². The van der Waals surface area contributed by atoms with Crippen LogP contribution in [0.3, 0.4) is 0 Å². The lowest BCUT2D eigenvalue weighted by molar-refractivity contribution is 0.641. The number of hydrogen-bond acceptors (Lipinski definition) is 5. The highest BCUT2D eigenvalue weighted by Gasteiger charge is 2.18. The second-order valence-electron chi connectivity index (χ2n) is 6.46. The van der Waals surface area contributed by atoms with Crippen molar-refractivity contribution in [1.82, 2.24) is 10.2 Å². The van der Waals surface area contributed by atoms with Crippen molar-refractivity contribution < 1.29 is 0 Å². The van der Waals surface area contributed by atoms with Crippen molar-refractivity contribution in [2.45, 2.75) is 16.8 Å². The Morgan fingerprint density at radius 3 is 2.23 bits per heavy atom. The molecule has 1 aromatic heterocycles. The van der Waals surface area contributed by atoms with Crippen molar-refractivity contribution in [2.24, 2.45) is 0 Å². The Hall–Kier alpha value is -2.53. The fourth-order valence-electron chi connectivity index (χ4n) is 3.16. The van der Waals surface area contributed by atoms with Gasteiger partial charge in [0.25, 0.3) is 0 Å². The highest BCUT2D eigenvalue weighted by Crippen LogP contribution is 2.26. The van der Waals surface area contributed by atoms with Crippen LogP contribution in [0, 0.1) is 6.92 Å². The molecule has 1 fully saturated rings. The zero-order valence-electron chi connectivity index (χ0n) is 14.9. The molecule has 0 unspecified atom stereocenters. The minimum absolute atomic E-state index is 0.929. The minimum atomic E-state index is 0.929. The first-order chi connectivity index (χ1) is 12.8. The van der Waals surface area contributed by atoms with E-state index < -0.39 is 0 Å². The second-order valence-corrected chi connectivity index (χ2v) is 7.55. The lowest BCUT2D eigenvalue weighted by Gasteiger charge is -2.36. The first-order valence-electron chi connectivity index (χ1n) is 8.91. The monoisotopic (exact) mass is 362 g/mol. The third kappa shape index (κ3) is 3.99. The highest BCUT2D eigenvalue weighted by atomic mass is 32.2. The van der Waals surface area contributed by atoms with Gasteiger partial charge in [0, 0.05) is 36.8 Å². The Kier molecular flexibility index (Phi) is 5.07. The van der Waals surface area contributed by atoms with E-state index in [1.54, 1.807) is 11.8 Å². The predicted molar refractivity (Wildman–Crippen MR) is 108 cm³/mol. The number of aromatic nitrogens is 2. The fourth-order valence-corrected chi connectivity index (χ4v) is 3.92. The van der Waals surface area contributed by atoms with Crippen LogP contribution >= 0.6 is 11.8 Å². The molecule has 3 aromatic rings. The van der Waals surface area contributed by atoms with Crippen molar-refractivity contribution in [2.75, 3.05) is 36.0 Å². The van der Waals surface area contributed by atoms with E-state index in [1.165, 1.54) is 16.1 Å². The summed E-state index contributed by atoms with van der Waals surface area (Å²) in [6.45, 7) is 6.09. The molecule has 5 heteroatoms. The van der Waals surface area contributed by atoms with Gasteiger partial charge in [0.1, 0.15) is 5.03 Å². The SMILES string of the molecule is Cc1cccc(N2CCN(c3ccc(Sc4ccccc4)nn3)CC2)c1. The first kappa shape index (κ1) is 16.9. The lowest BCUT2D eigenvalue weighted by atomic mass is 10.2. The number of hydrogen-bond donors (Lipinski definition) is 0. The zero-order valence-corrected chi connectivity index (χ0v) is 15.7. The smallest absolute Gasteiger partial charge is 0.151 e. The van der Waals surface area contributed by atoms with Crippen molar-refractivity contribution >= 4 is 23.3 Å². The average Bonchev–Trinajstić information content (AvgIpc) is 2.70. The Morgan fingerprint density at radius 2 is 1.54 bits per heavy atom. The van der Waals surface area contributed by atoms with Crippen LogP contribution < -0.4 is 9.80 Å². The van der Waals surface area contributed by atoms with Crippen molar-refractivity contribution in [3.63, 3.8) is 0 Å². The summed E-state index contributed by atoms with van der Waals surface area (Å²) in [5.74, 6) is 0.964. The van der Waals surface area contributed by atoms with E-state index in [-0.39, 0.29) is 0 Å². The predicted octanol–water partition coefficient (Wildman–Crippen LogP) is 4.26. The number of rotatable bonds is 4.